The average molecular weight is 468 g/mol. The molecule has 0 atom stereocenters. The van der Waals surface area contributed by atoms with Crippen molar-refractivity contribution < 1.29 is 26.8 Å². The van der Waals surface area contributed by atoms with Crippen LogP contribution in [0.3, 0.4) is 0 Å². The minimum Gasteiger partial charge on any atom is -0.411 e. The van der Waals surface area contributed by atoms with Crippen molar-refractivity contribution in [1.82, 2.24) is 14.0 Å². The van der Waals surface area contributed by atoms with Gasteiger partial charge in [0.15, 0.2) is 9.84 Å². The van der Waals surface area contributed by atoms with E-state index in [0.717, 1.165) is 15.0 Å². The largest absolute Gasteiger partial charge is 0.431 e. The first kappa shape index (κ1) is 22.1. The number of alkyl halides is 3. The number of nitrogens with zero attached hydrogens (tertiary/aromatic N) is 4. The normalized spacial score (nSPS) is 15.5. The fraction of sp³-hybridized carbons (Fsp3) is 0.350. The lowest BCUT2D eigenvalue weighted by atomic mass is 10.1. The molecule has 0 unspecified atom stereocenters. The highest BCUT2D eigenvalue weighted by molar-refractivity contribution is 7.91. The average Bonchev–Trinajstić information content (AvgIpc) is 3.49. The molecule has 0 spiro atoms. The van der Waals surface area contributed by atoms with Crippen molar-refractivity contribution in [2.24, 2.45) is 5.16 Å². The molecule has 0 bridgehead atoms. The third kappa shape index (κ3) is 3.68. The zero-order valence-electron chi connectivity index (χ0n) is 17.1. The number of imidazole rings is 1. The van der Waals surface area contributed by atoms with Gasteiger partial charge in [-0.25, -0.2) is 18.2 Å². The number of rotatable bonds is 5. The first-order chi connectivity index (χ1) is 15.0. The van der Waals surface area contributed by atoms with Gasteiger partial charge in [-0.05, 0) is 25.8 Å². The Morgan fingerprint density at radius 1 is 1.28 bits per heavy atom. The number of oxime groups is 1. The van der Waals surface area contributed by atoms with E-state index < -0.39 is 33.4 Å². The number of hydrogen-bond acceptors (Lipinski definition) is 6. The molecule has 4 rings (SSSR count). The number of sulfone groups is 1. The van der Waals surface area contributed by atoms with Crippen LogP contribution < -0.4 is 5.69 Å². The van der Waals surface area contributed by atoms with E-state index in [9.17, 15) is 26.4 Å². The monoisotopic (exact) mass is 468 g/mol. The summed E-state index contributed by atoms with van der Waals surface area (Å²) in [5, 5.41) is 12.1. The molecule has 2 heterocycles. The van der Waals surface area contributed by atoms with E-state index in [1.54, 1.807) is 0 Å². The first-order valence-corrected chi connectivity index (χ1v) is 11.4. The highest BCUT2D eigenvalue weighted by Crippen LogP contribution is 2.39. The van der Waals surface area contributed by atoms with Gasteiger partial charge >= 0.3 is 11.9 Å². The summed E-state index contributed by atoms with van der Waals surface area (Å²) >= 11 is 0. The van der Waals surface area contributed by atoms with Crippen LogP contribution in [0, 0.1) is 0 Å². The van der Waals surface area contributed by atoms with Gasteiger partial charge in [-0.2, -0.15) is 13.2 Å². The molecule has 1 fully saturated rings. The molecule has 1 N–H and O–H groups in total. The minimum atomic E-state index is -4.74. The second kappa shape index (κ2) is 7.47. The van der Waals surface area contributed by atoms with Crippen molar-refractivity contribution >= 4 is 21.2 Å². The third-order valence-corrected chi connectivity index (χ3v) is 7.18. The highest BCUT2D eigenvalue weighted by Gasteiger charge is 2.40. The van der Waals surface area contributed by atoms with Gasteiger partial charge in [-0.1, -0.05) is 24.2 Å². The topological polar surface area (TPSA) is 106 Å². The van der Waals surface area contributed by atoms with E-state index >= 15 is 0 Å². The smallest absolute Gasteiger partial charge is 0.411 e. The van der Waals surface area contributed by atoms with Crippen LogP contribution in [-0.2, 0) is 16.0 Å². The van der Waals surface area contributed by atoms with Gasteiger partial charge in [0.1, 0.15) is 11.3 Å². The molecule has 1 aliphatic carbocycles. The van der Waals surface area contributed by atoms with E-state index in [-0.39, 0.29) is 33.3 Å². The molecule has 0 aliphatic heterocycles. The van der Waals surface area contributed by atoms with Gasteiger partial charge in [0.25, 0.3) is 0 Å². The lowest BCUT2D eigenvalue weighted by Gasteiger charge is -2.14. The molecule has 170 valence electrons. The van der Waals surface area contributed by atoms with Crippen LogP contribution in [0.4, 0.5) is 13.2 Å². The Labute approximate surface area is 180 Å². The lowest BCUT2D eigenvalue weighted by molar-refractivity contribution is -0.144. The Hall–Kier alpha value is -3.15. The Morgan fingerprint density at radius 3 is 2.53 bits per heavy atom. The maximum atomic E-state index is 13.6. The van der Waals surface area contributed by atoms with Gasteiger partial charge in [-0.15, -0.1) is 0 Å². The molecule has 0 radical (unpaired) electrons. The second-order valence-electron chi connectivity index (χ2n) is 7.57. The zero-order chi connectivity index (χ0) is 23.4. The number of hydrogen-bond donors (Lipinski definition) is 1. The molecule has 0 amide bonds. The van der Waals surface area contributed by atoms with Crippen molar-refractivity contribution in [2.45, 2.75) is 43.8 Å². The molecule has 1 saturated carbocycles. The second-order valence-corrected chi connectivity index (χ2v) is 9.81. The van der Waals surface area contributed by atoms with Crippen LogP contribution in [0.5, 0.6) is 0 Å². The van der Waals surface area contributed by atoms with E-state index in [0.29, 0.717) is 18.4 Å². The maximum absolute atomic E-state index is 13.6. The third-order valence-electron chi connectivity index (χ3n) is 5.41. The van der Waals surface area contributed by atoms with Crippen molar-refractivity contribution in [3.63, 3.8) is 0 Å². The van der Waals surface area contributed by atoms with E-state index in [1.165, 1.54) is 38.2 Å². The van der Waals surface area contributed by atoms with Gasteiger partial charge < -0.3 is 5.21 Å². The summed E-state index contributed by atoms with van der Waals surface area (Å²) in [7, 11) is -3.78. The summed E-state index contributed by atoms with van der Waals surface area (Å²) in [6.45, 7) is 2.94. The molecule has 2 aromatic heterocycles. The summed E-state index contributed by atoms with van der Waals surface area (Å²) in [6, 6.07) is 4.53. The van der Waals surface area contributed by atoms with Gasteiger partial charge in [0, 0.05) is 29.4 Å². The maximum Gasteiger partial charge on any atom is 0.431 e. The molecule has 8 nitrogen and oxygen atoms in total. The Morgan fingerprint density at radius 2 is 1.97 bits per heavy atom. The van der Waals surface area contributed by atoms with Crippen LogP contribution >= 0.6 is 0 Å². The lowest BCUT2D eigenvalue weighted by Crippen LogP contribution is -2.31. The van der Waals surface area contributed by atoms with E-state index in [1.807, 2.05) is 0 Å². The summed E-state index contributed by atoms with van der Waals surface area (Å²) in [5.74, 6) is -0.237. The fourth-order valence-electron chi connectivity index (χ4n) is 3.52. The standard InChI is InChI=1S/C20H19F3N4O4S/c1-3-32(30,31)16-8-12(11(2)25-29)4-7-14(16)15-10-26-18(24-15)9-17(20(21,22)23)27(19(26)28)13-5-6-13/h4,7-10,13,29H,3,5-6H2,1-2H3/b25-11+. The Kier molecular flexibility index (Phi) is 5.15. The molecule has 1 aliphatic rings. The van der Waals surface area contributed by atoms with Crippen LogP contribution in [0.2, 0.25) is 0 Å². The van der Waals surface area contributed by atoms with Crippen LogP contribution in [0.15, 0.2) is 45.3 Å². The molecule has 0 saturated heterocycles. The molecule has 32 heavy (non-hydrogen) atoms. The Bertz CT molecular complexity index is 1420. The van der Waals surface area contributed by atoms with Crippen molar-refractivity contribution in [3.05, 3.63) is 52.2 Å². The summed E-state index contributed by atoms with van der Waals surface area (Å²) in [6.07, 6.45) is -2.55. The fourth-order valence-corrected chi connectivity index (χ4v) is 4.65. The zero-order valence-corrected chi connectivity index (χ0v) is 17.9. The van der Waals surface area contributed by atoms with Gasteiger partial charge in [0.05, 0.1) is 22.1 Å². The Balaban J connectivity index is 1.99. The molecule has 1 aromatic carbocycles. The molecule has 12 heteroatoms. The number of fused-ring (bicyclic) bond motifs is 1. The molecule has 3 aromatic rings. The predicted octanol–water partition coefficient (Wildman–Crippen LogP) is 3.51. The molecular formula is C20H19F3N4O4S. The highest BCUT2D eigenvalue weighted by atomic mass is 32.2. The predicted molar refractivity (Wildman–Crippen MR) is 110 cm³/mol. The van der Waals surface area contributed by atoms with Crippen molar-refractivity contribution in [3.8, 4) is 11.3 Å². The van der Waals surface area contributed by atoms with Crippen molar-refractivity contribution in [2.75, 3.05) is 5.75 Å². The molecular weight excluding hydrogens is 449 g/mol. The quantitative estimate of drug-likeness (QED) is 0.350. The van der Waals surface area contributed by atoms with Crippen LogP contribution in [-0.4, -0.2) is 39.0 Å². The van der Waals surface area contributed by atoms with Crippen LogP contribution in [0.1, 0.15) is 44.0 Å². The summed E-state index contributed by atoms with van der Waals surface area (Å²) in [4.78, 5) is 16.9. The van der Waals surface area contributed by atoms with Gasteiger partial charge in [-0.3, -0.25) is 8.97 Å². The number of aromatic nitrogens is 3. The van der Waals surface area contributed by atoms with Gasteiger partial charge in [0.2, 0.25) is 0 Å². The first-order valence-electron chi connectivity index (χ1n) is 9.76. The SMILES string of the molecule is CCS(=O)(=O)c1cc(/C(C)=N/O)ccc1-c1cn2c(=O)n(C3CC3)c(C(F)(F)F)cc2n1. The van der Waals surface area contributed by atoms with Crippen LogP contribution in [0.25, 0.3) is 16.9 Å². The summed E-state index contributed by atoms with van der Waals surface area (Å²) < 4.78 is 67.9. The van der Waals surface area contributed by atoms with E-state index in [4.69, 9.17) is 5.21 Å². The van der Waals surface area contributed by atoms with E-state index in [2.05, 4.69) is 10.1 Å². The van der Waals surface area contributed by atoms with Crippen molar-refractivity contribution in [1.29, 1.82) is 0 Å². The minimum absolute atomic E-state index is 0.0425. The summed E-state index contributed by atoms with van der Waals surface area (Å²) in [5.41, 5.74) is -1.48. The number of benzene rings is 1. The number of halogens is 3.